The number of aliphatic hydroxyl groups excluding tert-OH is 1. The molecule has 0 saturated carbocycles. The maximum Gasteiger partial charge on any atom is 0.231 e. The van der Waals surface area contributed by atoms with Gasteiger partial charge in [0.15, 0.2) is 11.5 Å². The third-order valence-corrected chi connectivity index (χ3v) is 2.61. The number of hydrogen-bond donors (Lipinski definition) is 1. The van der Waals surface area contributed by atoms with E-state index in [0.717, 1.165) is 11.3 Å². The Balaban J connectivity index is 2.26. The van der Waals surface area contributed by atoms with Gasteiger partial charge in [0, 0.05) is 5.92 Å². The molecule has 0 fully saturated rings. The zero-order valence-corrected chi connectivity index (χ0v) is 8.64. The predicted octanol–water partition coefficient (Wildman–Crippen LogP) is 2.27. The molecular weight excluding hydrogens is 192 g/mol. The minimum atomic E-state index is -0.544. The van der Waals surface area contributed by atoms with Crippen molar-refractivity contribution in [3.63, 3.8) is 0 Å². The van der Waals surface area contributed by atoms with E-state index in [1.54, 1.807) is 6.08 Å². The van der Waals surface area contributed by atoms with Gasteiger partial charge in [0.05, 0.1) is 6.10 Å². The number of hydrogen-bond acceptors (Lipinski definition) is 3. The van der Waals surface area contributed by atoms with E-state index in [9.17, 15) is 5.11 Å². The SMILES string of the molecule is C=C[C@@H](C)[C@H](O)c1ccc2c(c1)OCO2. The molecule has 0 aliphatic carbocycles. The number of benzene rings is 1. The minimum Gasteiger partial charge on any atom is -0.454 e. The van der Waals surface area contributed by atoms with Crippen molar-refractivity contribution < 1.29 is 14.6 Å². The molecule has 1 N–H and O–H groups in total. The van der Waals surface area contributed by atoms with Gasteiger partial charge in [-0.2, -0.15) is 0 Å². The summed E-state index contributed by atoms with van der Waals surface area (Å²) in [6.07, 6.45) is 1.19. The Bertz CT molecular complexity index is 373. The summed E-state index contributed by atoms with van der Waals surface area (Å²) < 4.78 is 10.4. The van der Waals surface area contributed by atoms with Crippen molar-refractivity contribution in [1.29, 1.82) is 0 Å². The van der Waals surface area contributed by atoms with Crippen LogP contribution in [0.5, 0.6) is 11.5 Å². The van der Waals surface area contributed by atoms with Crippen LogP contribution in [0.15, 0.2) is 30.9 Å². The smallest absolute Gasteiger partial charge is 0.231 e. The fourth-order valence-electron chi connectivity index (χ4n) is 1.53. The molecule has 0 amide bonds. The van der Waals surface area contributed by atoms with Gasteiger partial charge in [0.2, 0.25) is 6.79 Å². The zero-order valence-electron chi connectivity index (χ0n) is 8.64. The lowest BCUT2D eigenvalue weighted by Gasteiger charge is -2.15. The van der Waals surface area contributed by atoms with Gasteiger partial charge < -0.3 is 14.6 Å². The first kappa shape index (κ1) is 10.1. The predicted molar refractivity (Wildman–Crippen MR) is 56.9 cm³/mol. The molecule has 1 aromatic carbocycles. The van der Waals surface area contributed by atoms with Gasteiger partial charge in [0.1, 0.15) is 0 Å². The summed E-state index contributed by atoms with van der Waals surface area (Å²) in [7, 11) is 0. The third-order valence-electron chi connectivity index (χ3n) is 2.61. The van der Waals surface area contributed by atoms with E-state index in [1.807, 2.05) is 25.1 Å². The van der Waals surface area contributed by atoms with Gasteiger partial charge in [-0.05, 0) is 17.7 Å². The van der Waals surface area contributed by atoms with E-state index < -0.39 is 6.10 Å². The summed E-state index contributed by atoms with van der Waals surface area (Å²) in [4.78, 5) is 0. The Morgan fingerprint density at radius 2 is 2.13 bits per heavy atom. The molecule has 3 nitrogen and oxygen atoms in total. The van der Waals surface area contributed by atoms with Crippen LogP contribution in [-0.2, 0) is 0 Å². The van der Waals surface area contributed by atoms with Gasteiger partial charge in [-0.25, -0.2) is 0 Å². The molecule has 1 aromatic rings. The summed E-state index contributed by atoms with van der Waals surface area (Å²) in [5.41, 5.74) is 0.826. The Hall–Kier alpha value is -1.48. The maximum atomic E-state index is 9.95. The molecular formula is C12H14O3. The van der Waals surface area contributed by atoms with Crippen LogP contribution in [0.3, 0.4) is 0 Å². The molecule has 1 aliphatic heterocycles. The van der Waals surface area contributed by atoms with Crippen molar-refractivity contribution in [3.05, 3.63) is 36.4 Å². The normalized spacial score (nSPS) is 17.2. The fraction of sp³-hybridized carbons (Fsp3) is 0.333. The lowest BCUT2D eigenvalue weighted by Crippen LogP contribution is -2.06. The summed E-state index contributed by atoms with van der Waals surface area (Å²) in [6, 6.07) is 5.47. The van der Waals surface area contributed by atoms with Gasteiger partial charge in [-0.1, -0.05) is 19.1 Å². The highest BCUT2D eigenvalue weighted by Gasteiger charge is 2.18. The molecule has 80 valence electrons. The molecule has 0 spiro atoms. The Kier molecular flexibility index (Phi) is 2.64. The molecule has 0 bridgehead atoms. The number of rotatable bonds is 3. The fourth-order valence-corrected chi connectivity index (χ4v) is 1.53. The third kappa shape index (κ3) is 1.83. The first-order valence-electron chi connectivity index (χ1n) is 4.92. The number of fused-ring (bicyclic) bond motifs is 1. The minimum absolute atomic E-state index is 0.0189. The van der Waals surface area contributed by atoms with Crippen LogP contribution in [0.1, 0.15) is 18.6 Å². The Morgan fingerprint density at radius 3 is 2.87 bits per heavy atom. The molecule has 0 aromatic heterocycles. The zero-order chi connectivity index (χ0) is 10.8. The van der Waals surface area contributed by atoms with Gasteiger partial charge in [-0.3, -0.25) is 0 Å². The molecule has 1 heterocycles. The highest BCUT2D eigenvalue weighted by Crippen LogP contribution is 2.35. The van der Waals surface area contributed by atoms with Crippen molar-refractivity contribution in [1.82, 2.24) is 0 Å². The molecule has 1 aliphatic rings. The highest BCUT2D eigenvalue weighted by atomic mass is 16.7. The van der Waals surface area contributed by atoms with E-state index in [-0.39, 0.29) is 12.7 Å². The van der Waals surface area contributed by atoms with Crippen molar-refractivity contribution in [3.8, 4) is 11.5 Å². The van der Waals surface area contributed by atoms with Crippen molar-refractivity contribution in [2.45, 2.75) is 13.0 Å². The van der Waals surface area contributed by atoms with E-state index in [0.29, 0.717) is 5.75 Å². The first-order valence-corrected chi connectivity index (χ1v) is 4.92. The quantitative estimate of drug-likeness (QED) is 0.771. The summed E-state index contributed by atoms with van der Waals surface area (Å²) in [5, 5.41) is 9.95. The van der Waals surface area contributed by atoms with Crippen LogP contribution in [0.2, 0.25) is 0 Å². The standard InChI is InChI=1S/C12H14O3/c1-3-8(2)12(13)9-4-5-10-11(6-9)15-7-14-10/h3-6,8,12-13H,1,7H2,2H3/t8-,12+/m1/s1. The largest absolute Gasteiger partial charge is 0.454 e. The average Bonchev–Trinajstić information content (AvgIpc) is 2.73. The second-order valence-corrected chi connectivity index (χ2v) is 3.65. The van der Waals surface area contributed by atoms with Crippen LogP contribution < -0.4 is 9.47 Å². The second kappa shape index (κ2) is 3.95. The lowest BCUT2D eigenvalue weighted by atomic mass is 9.97. The molecule has 2 atom stereocenters. The van der Waals surface area contributed by atoms with Crippen LogP contribution in [0, 0.1) is 5.92 Å². The van der Waals surface area contributed by atoms with Crippen LogP contribution >= 0.6 is 0 Å². The van der Waals surface area contributed by atoms with Crippen LogP contribution in [0.4, 0.5) is 0 Å². The number of ether oxygens (including phenoxy) is 2. The highest BCUT2D eigenvalue weighted by molar-refractivity contribution is 5.45. The van der Waals surface area contributed by atoms with Gasteiger partial charge >= 0.3 is 0 Å². The molecule has 2 rings (SSSR count). The molecule has 0 radical (unpaired) electrons. The van der Waals surface area contributed by atoms with Crippen molar-refractivity contribution >= 4 is 0 Å². The average molecular weight is 206 g/mol. The van der Waals surface area contributed by atoms with E-state index in [1.165, 1.54) is 0 Å². The molecule has 3 heteroatoms. The Morgan fingerprint density at radius 1 is 1.40 bits per heavy atom. The van der Waals surface area contributed by atoms with E-state index >= 15 is 0 Å². The maximum absolute atomic E-state index is 9.95. The van der Waals surface area contributed by atoms with Crippen LogP contribution in [0.25, 0.3) is 0 Å². The second-order valence-electron chi connectivity index (χ2n) is 3.65. The van der Waals surface area contributed by atoms with Gasteiger partial charge in [-0.15, -0.1) is 6.58 Å². The monoisotopic (exact) mass is 206 g/mol. The molecule has 0 saturated heterocycles. The van der Waals surface area contributed by atoms with Gasteiger partial charge in [0.25, 0.3) is 0 Å². The summed E-state index contributed by atoms with van der Waals surface area (Å²) in [5.74, 6) is 1.45. The molecule has 15 heavy (non-hydrogen) atoms. The van der Waals surface area contributed by atoms with E-state index in [2.05, 4.69) is 6.58 Å². The number of aliphatic hydroxyl groups is 1. The molecule has 0 unspecified atom stereocenters. The van der Waals surface area contributed by atoms with E-state index in [4.69, 9.17) is 9.47 Å². The summed E-state index contributed by atoms with van der Waals surface area (Å²) in [6.45, 7) is 5.84. The van der Waals surface area contributed by atoms with Crippen molar-refractivity contribution in [2.75, 3.05) is 6.79 Å². The first-order chi connectivity index (χ1) is 7.22. The van der Waals surface area contributed by atoms with Crippen LogP contribution in [-0.4, -0.2) is 11.9 Å². The Labute approximate surface area is 88.9 Å². The van der Waals surface area contributed by atoms with Crippen molar-refractivity contribution in [2.24, 2.45) is 5.92 Å². The lowest BCUT2D eigenvalue weighted by molar-refractivity contribution is 0.139. The summed E-state index contributed by atoms with van der Waals surface area (Å²) >= 11 is 0. The topological polar surface area (TPSA) is 38.7 Å².